The van der Waals surface area contributed by atoms with Crippen LogP contribution in [0.5, 0.6) is 11.5 Å². The van der Waals surface area contributed by atoms with Gasteiger partial charge in [-0.3, -0.25) is 0 Å². The fraction of sp³-hybridized carbons (Fsp3) is 0.684. The maximum atomic E-state index is 10.0. The SMILES string of the molecule is COc1ccc(COC[C@H](O)CNCC(C)(C)CN(C)C)cc1OC. The Morgan fingerprint density at radius 1 is 1.16 bits per heavy atom. The van der Waals surface area contributed by atoms with Gasteiger partial charge in [0.25, 0.3) is 0 Å². The Hall–Kier alpha value is -1.34. The monoisotopic (exact) mass is 354 g/mol. The average molecular weight is 354 g/mol. The van der Waals surface area contributed by atoms with Gasteiger partial charge in [-0.1, -0.05) is 19.9 Å². The summed E-state index contributed by atoms with van der Waals surface area (Å²) in [5, 5.41) is 13.4. The lowest BCUT2D eigenvalue weighted by Crippen LogP contribution is -2.40. The van der Waals surface area contributed by atoms with E-state index in [4.69, 9.17) is 14.2 Å². The predicted molar refractivity (Wildman–Crippen MR) is 100 cm³/mol. The second kappa shape index (κ2) is 10.6. The van der Waals surface area contributed by atoms with E-state index in [1.165, 1.54) is 0 Å². The first-order chi connectivity index (χ1) is 11.8. The first-order valence-corrected chi connectivity index (χ1v) is 8.59. The zero-order valence-corrected chi connectivity index (χ0v) is 16.5. The molecule has 0 heterocycles. The van der Waals surface area contributed by atoms with E-state index in [1.54, 1.807) is 14.2 Å². The molecule has 0 unspecified atom stereocenters. The standard InChI is InChI=1S/C19H34N2O4/c1-19(2,14-21(3)4)13-20-10-16(22)12-25-11-15-7-8-17(23-5)18(9-15)24-6/h7-9,16,20,22H,10-14H2,1-6H3/t16-/m1/s1. The van der Waals surface area contributed by atoms with Gasteiger partial charge in [-0.2, -0.15) is 0 Å². The van der Waals surface area contributed by atoms with Crippen molar-refractivity contribution in [2.45, 2.75) is 26.6 Å². The van der Waals surface area contributed by atoms with Gasteiger partial charge in [-0.25, -0.2) is 0 Å². The number of aliphatic hydroxyl groups is 1. The zero-order valence-electron chi connectivity index (χ0n) is 16.5. The minimum Gasteiger partial charge on any atom is -0.493 e. The molecule has 0 aliphatic carbocycles. The fourth-order valence-corrected chi connectivity index (χ4v) is 2.83. The first kappa shape index (κ1) is 21.7. The number of rotatable bonds is 12. The van der Waals surface area contributed by atoms with Crippen molar-refractivity contribution in [1.82, 2.24) is 10.2 Å². The normalized spacial score (nSPS) is 13.1. The molecule has 0 bridgehead atoms. The van der Waals surface area contributed by atoms with E-state index in [1.807, 2.05) is 18.2 Å². The van der Waals surface area contributed by atoms with E-state index in [0.717, 1.165) is 18.7 Å². The summed E-state index contributed by atoms with van der Waals surface area (Å²) < 4.78 is 16.1. The molecule has 0 amide bonds. The third kappa shape index (κ3) is 8.54. The Bertz CT molecular complexity index is 506. The van der Waals surface area contributed by atoms with E-state index in [0.29, 0.717) is 24.7 Å². The molecule has 6 heteroatoms. The molecule has 144 valence electrons. The van der Waals surface area contributed by atoms with Crippen molar-refractivity contribution in [3.63, 3.8) is 0 Å². The number of nitrogens with zero attached hydrogens (tertiary/aromatic N) is 1. The van der Waals surface area contributed by atoms with Crippen LogP contribution < -0.4 is 14.8 Å². The summed E-state index contributed by atoms with van der Waals surface area (Å²) in [6.45, 7) is 7.48. The van der Waals surface area contributed by atoms with Crippen LogP contribution in [0.25, 0.3) is 0 Å². The molecule has 0 aliphatic rings. The maximum Gasteiger partial charge on any atom is 0.161 e. The van der Waals surface area contributed by atoms with Crippen LogP contribution in [0.1, 0.15) is 19.4 Å². The van der Waals surface area contributed by atoms with Crippen molar-refractivity contribution >= 4 is 0 Å². The van der Waals surface area contributed by atoms with Crippen LogP contribution in [-0.2, 0) is 11.3 Å². The van der Waals surface area contributed by atoms with E-state index in [9.17, 15) is 5.11 Å². The van der Waals surface area contributed by atoms with Crippen LogP contribution in [-0.4, -0.2) is 70.7 Å². The molecular weight excluding hydrogens is 320 g/mol. The van der Waals surface area contributed by atoms with Gasteiger partial charge in [0.05, 0.1) is 33.5 Å². The Morgan fingerprint density at radius 3 is 2.44 bits per heavy atom. The summed E-state index contributed by atoms with van der Waals surface area (Å²) in [7, 11) is 7.35. The van der Waals surface area contributed by atoms with Crippen LogP contribution in [0.3, 0.4) is 0 Å². The van der Waals surface area contributed by atoms with Gasteiger partial charge in [-0.15, -0.1) is 0 Å². The number of aliphatic hydroxyl groups excluding tert-OH is 1. The Morgan fingerprint density at radius 2 is 1.84 bits per heavy atom. The molecule has 2 N–H and O–H groups in total. The number of hydrogen-bond acceptors (Lipinski definition) is 6. The van der Waals surface area contributed by atoms with Gasteiger partial charge in [0.1, 0.15) is 0 Å². The van der Waals surface area contributed by atoms with Crippen molar-refractivity contribution in [1.29, 1.82) is 0 Å². The minimum atomic E-state index is -0.532. The number of ether oxygens (including phenoxy) is 3. The number of hydrogen-bond donors (Lipinski definition) is 2. The molecule has 1 aromatic carbocycles. The fourth-order valence-electron chi connectivity index (χ4n) is 2.83. The van der Waals surface area contributed by atoms with Gasteiger partial charge >= 0.3 is 0 Å². The van der Waals surface area contributed by atoms with Crippen molar-refractivity contribution < 1.29 is 19.3 Å². The molecule has 1 rings (SSSR count). The molecular formula is C19H34N2O4. The van der Waals surface area contributed by atoms with Gasteiger partial charge < -0.3 is 29.5 Å². The molecule has 25 heavy (non-hydrogen) atoms. The Balaban J connectivity index is 2.29. The summed E-state index contributed by atoms with van der Waals surface area (Å²) in [6, 6.07) is 5.66. The summed E-state index contributed by atoms with van der Waals surface area (Å²) in [5.74, 6) is 1.37. The molecule has 0 aliphatic heterocycles. The van der Waals surface area contributed by atoms with Crippen LogP contribution in [0.15, 0.2) is 18.2 Å². The summed E-state index contributed by atoms with van der Waals surface area (Å²) >= 11 is 0. The number of benzene rings is 1. The van der Waals surface area contributed by atoms with Crippen LogP contribution in [0.2, 0.25) is 0 Å². The molecule has 6 nitrogen and oxygen atoms in total. The van der Waals surface area contributed by atoms with Crippen LogP contribution >= 0.6 is 0 Å². The quantitative estimate of drug-likeness (QED) is 0.596. The Labute approximate surface area is 152 Å². The van der Waals surface area contributed by atoms with Gasteiger partial charge in [0, 0.05) is 19.6 Å². The minimum absolute atomic E-state index is 0.156. The van der Waals surface area contributed by atoms with Gasteiger partial charge in [0.15, 0.2) is 11.5 Å². The lowest BCUT2D eigenvalue weighted by atomic mass is 9.93. The lowest BCUT2D eigenvalue weighted by Gasteiger charge is -2.29. The van der Waals surface area contributed by atoms with Crippen molar-refractivity contribution in [2.75, 3.05) is 54.6 Å². The maximum absolute atomic E-state index is 10.0. The molecule has 0 saturated carbocycles. The van der Waals surface area contributed by atoms with Crippen LogP contribution in [0.4, 0.5) is 0 Å². The number of nitrogens with one attached hydrogen (secondary N) is 1. The average Bonchev–Trinajstić information content (AvgIpc) is 2.53. The third-order valence-electron chi connectivity index (χ3n) is 3.75. The third-order valence-corrected chi connectivity index (χ3v) is 3.75. The van der Waals surface area contributed by atoms with Gasteiger partial charge in [-0.05, 0) is 37.2 Å². The van der Waals surface area contributed by atoms with E-state index in [-0.39, 0.29) is 12.0 Å². The lowest BCUT2D eigenvalue weighted by molar-refractivity contribution is 0.0275. The largest absolute Gasteiger partial charge is 0.493 e. The second-order valence-corrected chi connectivity index (χ2v) is 7.39. The molecule has 0 radical (unpaired) electrons. The van der Waals surface area contributed by atoms with E-state index >= 15 is 0 Å². The molecule has 0 saturated heterocycles. The first-order valence-electron chi connectivity index (χ1n) is 8.59. The van der Waals surface area contributed by atoms with E-state index < -0.39 is 6.10 Å². The highest BCUT2D eigenvalue weighted by molar-refractivity contribution is 5.42. The second-order valence-electron chi connectivity index (χ2n) is 7.39. The number of methoxy groups -OCH3 is 2. The topological polar surface area (TPSA) is 63.2 Å². The molecule has 0 fully saturated rings. The predicted octanol–water partition coefficient (Wildman–Crippen LogP) is 1.76. The highest BCUT2D eigenvalue weighted by Gasteiger charge is 2.18. The smallest absolute Gasteiger partial charge is 0.161 e. The van der Waals surface area contributed by atoms with Crippen molar-refractivity contribution in [3.05, 3.63) is 23.8 Å². The zero-order chi connectivity index (χ0) is 18.9. The van der Waals surface area contributed by atoms with Gasteiger partial charge in [0.2, 0.25) is 0 Å². The molecule has 0 spiro atoms. The summed E-state index contributed by atoms with van der Waals surface area (Å²) in [5.41, 5.74) is 1.13. The molecule has 1 aromatic rings. The van der Waals surface area contributed by atoms with Crippen LogP contribution in [0, 0.1) is 5.41 Å². The Kier molecular flexibility index (Phi) is 9.21. The summed E-state index contributed by atoms with van der Waals surface area (Å²) in [4.78, 5) is 2.17. The molecule has 0 aromatic heterocycles. The van der Waals surface area contributed by atoms with Crippen molar-refractivity contribution in [3.8, 4) is 11.5 Å². The van der Waals surface area contributed by atoms with E-state index in [2.05, 4.69) is 38.2 Å². The highest BCUT2D eigenvalue weighted by atomic mass is 16.5. The highest BCUT2D eigenvalue weighted by Crippen LogP contribution is 2.27. The molecule has 1 atom stereocenters. The summed E-state index contributed by atoms with van der Waals surface area (Å²) in [6.07, 6.45) is -0.532. The van der Waals surface area contributed by atoms with Crippen molar-refractivity contribution in [2.24, 2.45) is 5.41 Å².